The minimum Gasteiger partial charge on any atom is -0.346 e. The minimum absolute atomic E-state index is 0.0170. The third kappa shape index (κ3) is 6.34. The average Bonchev–Trinajstić information content (AvgIpc) is 2.82. The summed E-state index contributed by atoms with van der Waals surface area (Å²) in [5.41, 5.74) is 1.75. The van der Waals surface area contributed by atoms with Crippen LogP contribution < -0.4 is 10.0 Å². The normalized spacial score (nSPS) is 14.6. The predicted molar refractivity (Wildman–Crippen MR) is 139 cm³/mol. The molecule has 1 saturated heterocycles. The van der Waals surface area contributed by atoms with E-state index in [9.17, 15) is 8.42 Å². The van der Waals surface area contributed by atoms with Gasteiger partial charge in [0.1, 0.15) is 0 Å². The minimum atomic E-state index is -3.78. The van der Waals surface area contributed by atoms with E-state index >= 15 is 0 Å². The van der Waals surface area contributed by atoms with E-state index in [1.165, 1.54) is 24.5 Å². The van der Waals surface area contributed by atoms with Crippen molar-refractivity contribution < 1.29 is 8.42 Å². The number of piperazine rings is 1. The summed E-state index contributed by atoms with van der Waals surface area (Å²) in [6.07, 6.45) is 2.93. The first-order chi connectivity index (χ1) is 16.3. The molecule has 2 N–H and O–H groups in total. The van der Waals surface area contributed by atoms with E-state index in [4.69, 9.17) is 35.4 Å². The van der Waals surface area contributed by atoms with Gasteiger partial charge in [0.2, 0.25) is 5.95 Å². The zero-order valence-electron chi connectivity index (χ0n) is 18.0. The Morgan fingerprint density at radius 1 is 1.00 bits per heavy atom. The summed E-state index contributed by atoms with van der Waals surface area (Å²) in [6, 6.07) is 13.5. The number of thiocarbonyl (C=S) groups is 1. The van der Waals surface area contributed by atoms with Crippen molar-refractivity contribution in [2.75, 3.05) is 36.2 Å². The van der Waals surface area contributed by atoms with Crippen molar-refractivity contribution in [2.45, 2.75) is 11.4 Å². The molecule has 0 saturated carbocycles. The van der Waals surface area contributed by atoms with E-state index in [1.54, 1.807) is 24.3 Å². The molecule has 3 aromatic rings. The van der Waals surface area contributed by atoms with Crippen LogP contribution >= 0.6 is 35.4 Å². The van der Waals surface area contributed by atoms with Crippen LogP contribution in [0.2, 0.25) is 10.0 Å². The highest BCUT2D eigenvalue weighted by atomic mass is 35.5. The third-order valence-corrected chi connectivity index (χ3v) is 7.57. The van der Waals surface area contributed by atoms with E-state index in [0.717, 1.165) is 38.3 Å². The number of benzene rings is 2. The average molecular weight is 537 g/mol. The van der Waals surface area contributed by atoms with Gasteiger partial charge in [-0.05, 0) is 60.2 Å². The molecule has 12 heteroatoms. The SMILES string of the molecule is O=S(=O)(Nc1ncccn1)c1ccc(NC(=S)N2CCN(Cc3ccc(Cl)cc3Cl)CC2)cc1. The molecule has 1 aliphatic rings. The molecule has 4 rings (SSSR count). The Kier molecular flexibility index (Phi) is 7.84. The monoisotopic (exact) mass is 536 g/mol. The Morgan fingerprint density at radius 3 is 2.32 bits per heavy atom. The summed E-state index contributed by atoms with van der Waals surface area (Å²) >= 11 is 17.8. The van der Waals surface area contributed by atoms with Gasteiger partial charge in [0.05, 0.1) is 4.90 Å². The Bertz CT molecular complexity index is 1250. The van der Waals surface area contributed by atoms with Crippen molar-refractivity contribution >= 4 is 62.2 Å². The van der Waals surface area contributed by atoms with Crippen LogP contribution in [-0.2, 0) is 16.6 Å². The first-order valence-corrected chi connectivity index (χ1v) is 13.1. The summed E-state index contributed by atoms with van der Waals surface area (Å²) in [5.74, 6) is 0.0170. The van der Waals surface area contributed by atoms with Gasteiger partial charge in [-0.3, -0.25) is 4.90 Å². The van der Waals surface area contributed by atoms with Crippen LogP contribution in [0.4, 0.5) is 11.6 Å². The van der Waals surface area contributed by atoms with Crippen molar-refractivity contribution in [3.63, 3.8) is 0 Å². The summed E-state index contributed by atoms with van der Waals surface area (Å²) in [4.78, 5) is 12.3. The highest BCUT2D eigenvalue weighted by Crippen LogP contribution is 2.23. The van der Waals surface area contributed by atoms with Crippen molar-refractivity contribution in [3.8, 4) is 0 Å². The molecule has 0 atom stereocenters. The van der Waals surface area contributed by atoms with Crippen LogP contribution in [0.3, 0.4) is 0 Å². The molecule has 1 aromatic heterocycles. The van der Waals surface area contributed by atoms with Gasteiger partial charge in [0.15, 0.2) is 5.11 Å². The number of rotatable bonds is 6. The van der Waals surface area contributed by atoms with Crippen LogP contribution in [0.15, 0.2) is 65.8 Å². The molecule has 2 heterocycles. The first-order valence-electron chi connectivity index (χ1n) is 10.4. The molecular weight excluding hydrogens is 515 g/mol. The number of sulfonamides is 1. The van der Waals surface area contributed by atoms with E-state index in [1.807, 2.05) is 12.1 Å². The van der Waals surface area contributed by atoms with Crippen molar-refractivity contribution in [1.82, 2.24) is 19.8 Å². The van der Waals surface area contributed by atoms with Crippen LogP contribution in [0.25, 0.3) is 0 Å². The van der Waals surface area contributed by atoms with Crippen LogP contribution in [0.1, 0.15) is 5.56 Å². The highest BCUT2D eigenvalue weighted by molar-refractivity contribution is 7.92. The quantitative estimate of drug-likeness (QED) is 0.455. The smallest absolute Gasteiger partial charge is 0.264 e. The Balaban J connectivity index is 1.29. The van der Waals surface area contributed by atoms with Crippen molar-refractivity contribution in [3.05, 3.63) is 76.5 Å². The van der Waals surface area contributed by atoms with Crippen molar-refractivity contribution in [2.24, 2.45) is 0 Å². The fourth-order valence-electron chi connectivity index (χ4n) is 3.45. The molecule has 2 aromatic carbocycles. The summed E-state index contributed by atoms with van der Waals surface area (Å²) in [5, 5.41) is 5.07. The number of nitrogens with zero attached hydrogens (tertiary/aromatic N) is 4. The van der Waals surface area contributed by atoms with Gasteiger partial charge in [-0.1, -0.05) is 29.3 Å². The number of hydrogen-bond acceptors (Lipinski definition) is 6. The molecular formula is C22H22Cl2N6O2S2. The molecule has 8 nitrogen and oxygen atoms in total. The zero-order chi connectivity index (χ0) is 24.1. The molecule has 1 fully saturated rings. The molecule has 0 radical (unpaired) electrons. The lowest BCUT2D eigenvalue weighted by Gasteiger charge is -2.36. The zero-order valence-corrected chi connectivity index (χ0v) is 21.1. The van der Waals surface area contributed by atoms with E-state index in [2.05, 4.69) is 29.8 Å². The van der Waals surface area contributed by atoms with Crippen molar-refractivity contribution in [1.29, 1.82) is 0 Å². The summed E-state index contributed by atoms with van der Waals surface area (Å²) in [7, 11) is -3.78. The maximum atomic E-state index is 12.5. The Morgan fingerprint density at radius 2 is 1.68 bits per heavy atom. The topological polar surface area (TPSA) is 90.5 Å². The fourth-order valence-corrected chi connectivity index (χ4v) is 5.18. The first kappa shape index (κ1) is 24.6. The maximum absolute atomic E-state index is 12.5. The van der Waals surface area contributed by atoms with E-state index < -0.39 is 10.0 Å². The summed E-state index contributed by atoms with van der Waals surface area (Å²) < 4.78 is 27.4. The molecule has 1 aliphatic heterocycles. The molecule has 0 unspecified atom stereocenters. The Labute approximate surface area is 214 Å². The second-order valence-corrected chi connectivity index (χ2v) is 10.5. The fraction of sp³-hybridized carbons (Fsp3) is 0.227. The number of halogens is 2. The molecule has 178 valence electrons. The second kappa shape index (κ2) is 10.8. The predicted octanol–water partition coefficient (Wildman–Crippen LogP) is 4.10. The van der Waals surface area contributed by atoms with E-state index in [-0.39, 0.29) is 10.8 Å². The van der Waals surface area contributed by atoms with Gasteiger partial charge in [0.25, 0.3) is 10.0 Å². The molecule has 0 bridgehead atoms. The van der Waals surface area contributed by atoms with Gasteiger partial charge in [0, 0.05) is 60.9 Å². The van der Waals surface area contributed by atoms with Crippen LogP contribution in [0, 0.1) is 0 Å². The highest BCUT2D eigenvalue weighted by Gasteiger charge is 2.20. The summed E-state index contributed by atoms with van der Waals surface area (Å²) in [6.45, 7) is 3.97. The number of nitrogens with one attached hydrogen (secondary N) is 2. The van der Waals surface area contributed by atoms with Crippen LogP contribution in [0.5, 0.6) is 0 Å². The lowest BCUT2D eigenvalue weighted by atomic mass is 10.2. The van der Waals surface area contributed by atoms with Gasteiger partial charge in [-0.25, -0.2) is 23.1 Å². The van der Waals surface area contributed by atoms with Crippen LogP contribution in [-0.4, -0.2) is 59.5 Å². The Hall–Kier alpha value is -2.50. The number of anilines is 2. The number of hydrogen-bond donors (Lipinski definition) is 2. The largest absolute Gasteiger partial charge is 0.346 e. The van der Waals surface area contributed by atoms with Gasteiger partial charge in [-0.15, -0.1) is 0 Å². The third-order valence-electron chi connectivity index (χ3n) is 5.28. The number of aromatic nitrogens is 2. The van der Waals surface area contributed by atoms with Gasteiger partial charge in [-0.2, -0.15) is 0 Å². The van der Waals surface area contributed by atoms with Gasteiger partial charge < -0.3 is 10.2 Å². The second-order valence-electron chi connectivity index (χ2n) is 7.63. The lowest BCUT2D eigenvalue weighted by molar-refractivity contribution is 0.177. The standard InChI is InChI=1S/C22H22Cl2N6O2S2/c23-17-3-2-16(20(24)14-17)15-29-10-12-30(13-11-29)22(33)27-18-4-6-19(7-5-18)34(31,32)28-21-25-8-1-9-26-21/h1-9,14H,10-13,15H2,(H,27,33)(H,25,26,28). The van der Waals surface area contributed by atoms with E-state index in [0.29, 0.717) is 20.8 Å². The maximum Gasteiger partial charge on any atom is 0.264 e. The molecule has 0 aliphatic carbocycles. The lowest BCUT2D eigenvalue weighted by Crippen LogP contribution is -2.49. The molecule has 34 heavy (non-hydrogen) atoms. The van der Waals surface area contributed by atoms with Gasteiger partial charge >= 0.3 is 0 Å². The molecule has 0 amide bonds. The molecule has 0 spiro atoms.